The van der Waals surface area contributed by atoms with Crippen LogP contribution in [0.4, 0.5) is 22.0 Å². The van der Waals surface area contributed by atoms with Gasteiger partial charge in [-0.1, -0.05) is 0 Å². The molecule has 0 aromatic heterocycles. The number of rotatable bonds is 1. The van der Waals surface area contributed by atoms with E-state index in [9.17, 15) is 34.9 Å². The number of halogens is 5. The molecule has 0 aliphatic carbocycles. The van der Waals surface area contributed by atoms with Gasteiger partial charge in [-0.2, -0.15) is 0 Å². The summed E-state index contributed by atoms with van der Waals surface area (Å²) in [4.78, 5) is -2.38. The molecule has 92 valence electrons. The summed E-state index contributed by atoms with van der Waals surface area (Å²) in [6.07, 6.45) is 0. The van der Waals surface area contributed by atoms with E-state index in [1.807, 2.05) is 0 Å². The molecule has 0 bridgehead atoms. The molecule has 1 rings (SSSR count). The average molecular weight is 304 g/mol. The third-order valence-corrected chi connectivity index (χ3v) is 2.28. The van der Waals surface area contributed by atoms with E-state index in [4.69, 9.17) is 0 Å². The Bertz CT molecular complexity index is 503. The van der Waals surface area contributed by atoms with E-state index >= 15 is 0 Å². The summed E-state index contributed by atoms with van der Waals surface area (Å²) in [7, 11) is -5.77. The van der Waals surface area contributed by atoms with E-state index in [0.29, 0.717) is 0 Å². The van der Waals surface area contributed by atoms with Crippen molar-refractivity contribution >= 4 is 10.1 Å². The molecule has 0 aliphatic rings. The van der Waals surface area contributed by atoms with Crippen molar-refractivity contribution in [3.05, 3.63) is 29.1 Å². The maximum atomic E-state index is 12.6. The Morgan fingerprint density at radius 1 is 0.765 bits per heavy atom. The number of hydrogen-bond donors (Lipinski definition) is 0. The molecule has 0 saturated carbocycles. The summed E-state index contributed by atoms with van der Waals surface area (Å²) in [5.74, 6) is -12.8. The molecule has 0 fully saturated rings. The molecule has 0 saturated heterocycles. The normalized spacial score (nSPS) is 10.5. The predicted octanol–water partition coefficient (Wildman–Crippen LogP) is -2.53. The van der Waals surface area contributed by atoms with Gasteiger partial charge in [0.15, 0.2) is 23.3 Å². The second kappa shape index (κ2) is 6.52. The Kier molecular flexibility index (Phi) is 7.55. The molecule has 1 aromatic rings. The zero-order valence-corrected chi connectivity index (χ0v) is 12.0. The van der Waals surface area contributed by atoms with Crippen LogP contribution in [0.25, 0.3) is 0 Å². The molecular weight excluding hydrogens is 302 g/mol. The van der Waals surface area contributed by atoms with Crippen LogP contribution in [0.5, 0.6) is 0 Å². The molecule has 0 radical (unpaired) electrons. The van der Waals surface area contributed by atoms with Gasteiger partial charge in [-0.05, 0) is 0 Å². The maximum Gasteiger partial charge on any atom is 1.00 e. The van der Waals surface area contributed by atoms with E-state index in [-0.39, 0.29) is 56.9 Å². The van der Waals surface area contributed by atoms with Gasteiger partial charge in [-0.25, -0.2) is 30.4 Å². The van der Waals surface area contributed by atoms with Crippen LogP contribution < -0.4 is 51.4 Å². The summed E-state index contributed by atoms with van der Waals surface area (Å²) >= 11 is 0. The second-order valence-corrected chi connectivity index (χ2v) is 3.67. The molecule has 0 heterocycles. The van der Waals surface area contributed by atoms with Crippen LogP contribution in [0.15, 0.2) is 4.90 Å². The molecule has 0 unspecified atom stereocenters. The van der Waals surface area contributed by atoms with Crippen molar-refractivity contribution in [3.63, 3.8) is 0 Å². The predicted molar refractivity (Wildman–Crippen MR) is 37.8 cm³/mol. The van der Waals surface area contributed by atoms with Crippen LogP contribution in [0.2, 0.25) is 0 Å². The largest absolute Gasteiger partial charge is 1.00 e. The van der Waals surface area contributed by atoms with Crippen molar-refractivity contribution in [2.24, 2.45) is 0 Å². The van der Waals surface area contributed by atoms with Gasteiger partial charge in [0.1, 0.15) is 15.0 Å². The van der Waals surface area contributed by atoms with E-state index < -0.39 is 44.1 Å². The summed E-state index contributed by atoms with van der Waals surface area (Å²) < 4.78 is 92.9. The summed E-state index contributed by atoms with van der Waals surface area (Å²) in [6, 6.07) is 0. The molecule has 17 heavy (non-hydrogen) atoms. The minimum atomic E-state index is -5.77. The molecule has 0 aliphatic heterocycles. The SMILES string of the molecule is O.O=S(=O)([O-])c1c(F)c(F)c(F)c(F)c1F.[K+]. The Balaban J connectivity index is 0. The molecule has 1 aromatic carbocycles. The maximum absolute atomic E-state index is 12.6. The number of hydrogen-bond acceptors (Lipinski definition) is 3. The van der Waals surface area contributed by atoms with E-state index in [0.717, 1.165) is 0 Å². The van der Waals surface area contributed by atoms with Crippen LogP contribution in [-0.4, -0.2) is 18.4 Å². The Labute approximate surface area is 134 Å². The van der Waals surface area contributed by atoms with Crippen molar-refractivity contribution in [2.45, 2.75) is 4.90 Å². The van der Waals surface area contributed by atoms with Gasteiger partial charge in [0.25, 0.3) is 0 Å². The van der Waals surface area contributed by atoms with Crippen molar-refractivity contribution < 1.29 is 91.8 Å². The van der Waals surface area contributed by atoms with Gasteiger partial charge >= 0.3 is 51.4 Å². The van der Waals surface area contributed by atoms with Gasteiger partial charge in [0.05, 0.1) is 0 Å². The Morgan fingerprint density at radius 2 is 1.00 bits per heavy atom. The molecule has 0 spiro atoms. The standard InChI is InChI=1S/C6HF5O3S.K.H2O/c7-1-2(8)4(10)6(15(12,13)14)5(11)3(1)9;;/h(H,12,13,14);;1H2/q;+1;/p-1. The van der Waals surface area contributed by atoms with Crippen molar-refractivity contribution in [2.75, 3.05) is 0 Å². The zero-order chi connectivity index (χ0) is 12.0. The Morgan fingerprint density at radius 3 is 1.24 bits per heavy atom. The quantitative estimate of drug-likeness (QED) is 0.188. The zero-order valence-electron chi connectivity index (χ0n) is 8.02. The minimum Gasteiger partial charge on any atom is -0.744 e. The minimum absolute atomic E-state index is 0. The van der Waals surface area contributed by atoms with Crippen LogP contribution in [0.3, 0.4) is 0 Å². The average Bonchev–Trinajstić information content (AvgIpc) is 2.09. The molecule has 4 nitrogen and oxygen atoms in total. The van der Waals surface area contributed by atoms with E-state index in [2.05, 4.69) is 0 Å². The fourth-order valence-electron chi connectivity index (χ4n) is 0.804. The van der Waals surface area contributed by atoms with Gasteiger partial charge in [-0.15, -0.1) is 0 Å². The van der Waals surface area contributed by atoms with Crippen molar-refractivity contribution in [3.8, 4) is 0 Å². The molecule has 11 heteroatoms. The van der Waals surface area contributed by atoms with Crippen molar-refractivity contribution in [1.82, 2.24) is 0 Å². The third-order valence-electron chi connectivity index (χ3n) is 1.42. The Hall–Kier alpha value is 0.376. The van der Waals surface area contributed by atoms with Gasteiger partial charge in [0.2, 0.25) is 5.82 Å². The molecule has 2 N–H and O–H groups in total. The molecule has 0 atom stereocenters. The first-order valence-corrected chi connectivity index (χ1v) is 4.56. The van der Waals surface area contributed by atoms with Gasteiger partial charge in [-0.3, -0.25) is 0 Å². The first-order valence-electron chi connectivity index (χ1n) is 3.15. The second-order valence-electron chi connectivity index (χ2n) is 2.35. The first kappa shape index (κ1) is 19.7. The van der Waals surface area contributed by atoms with Crippen molar-refractivity contribution in [1.29, 1.82) is 0 Å². The van der Waals surface area contributed by atoms with Crippen LogP contribution in [0, 0.1) is 29.1 Å². The van der Waals surface area contributed by atoms with E-state index in [1.165, 1.54) is 0 Å². The first-order chi connectivity index (χ1) is 6.68. The number of benzene rings is 1. The van der Waals surface area contributed by atoms with E-state index in [1.54, 1.807) is 0 Å². The monoisotopic (exact) mass is 304 g/mol. The van der Waals surface area contributed by atoms with Gasteiger partial charge in [0, 0.05) is 0 Å². The van der Waals surface area contributed by atoms with Crippen LogP contribution in [-0.2, 0) is 10.1 Å². The summed E-state index contributed by atoms with van der Waals surface area (Å²) in [5.41, 5.74) is 0. The third kappa shape index (κ3) is 3.67. The smallest absolute Gasteiger partial charge is 0.744 e. The van der Waals surface area contributed by atoms with Gasteiger partial charge < -0.3 is 10.0 Å². The van der Waals surface area contributed by atoms with Crippen LogP contribution in [0.1, 0.15) is 0 Å². The molecular formula is C6H2F5KO4S. The summed E-state index contributed by atoms with van der Waals surface area (Å²) in [6.45, 7) is 0. The molecule has 0 amide bonds. The topological polar surface area (TPSA) is 88.7 Å². The van der Waals surface area contributed by atoms with Crippen LogP contribution >= 0.6 is 0 Å². The fraction of sp³-hybridized carbons (Fsp3) is 0. The fourth-order valence-corrected chi connectivity index (χ4v) is 1.42. The summed E-state index contributed by atoms with van der Waals surface area (Å²) in [5, 5.41) is 0.